The molecule has 5 nitrogen and oxygen atoms in total. The molecular weight excluding hydrogens is 250 g/mol. The van der Waals surface area contributed by atoms with Gasteiger partial charge in [-0.2, -0.15) is 0 Å². The third-order valence-electron chi connectivity index (χ3n) is 3.15. The van der Waals surface area contributed by atoms with Crippen molar-refractivity contribution in [3.05, 3.63) is 24.0 Å². The van der Waals surface area contributed by atoms with E-state index in [1.807, 2.05) is 13.8 Å². The van der Waals surface area contributed by atoms with Gasteiger partial charge in [-0.05, 0) is 25.5 Å². The van der Waals surface area contributed by atoms with E-state index in [1.54, 1.807) is 18.2 Å². The number of fused-ring (bicyclic) bond motifs is 1. The van der Waals surface area contributed by atoms with Gasteiger partial charge < -0.3 is 10.7 Å². The molecule has 0 amide bonds. The summed E-state index contributed by atoms with van der Waals surface area (Å²) in [4.78, 5) is 7.69. The van der Waals surface area contributed by atoms with Crippen LogP contribution in [0.25, 0.3) is 11.0 Å². The van der Waals surface area contributed by atoms with Gasteiger partial charge in [0, 0.05) is 6.26 Å². The van der Waals surface area contributed by atoms with Crippen LogP contribution >= 0.6 is 0 Å². The van der Waals surface area contributed by atoms with Crippen LogP contribution in [-0.4, -0.2) is 24.6 Å². The summed E-state index contributed by atoms with van der Waals surface area (Å²) in [5.74, 6) is 0.608. The van der Waals surface area contributed by atoms with E-state index in [-0.39, 0.29) is 4.90 Å². The average Bonchev–Trinajstić information content (AvgIpc) is 2.71. The molecule has 6 heteroatoms. The van der Waals surface area contributed by atoms with Crippen molar-refractivity contribution >= 4 is 20.9 Å². The zero-order valence-corrected chi connectivity index (χ0v) is 11.5. The first kappa shape index (κ1) is 13.0. The topological polar surface area (TPSA) is 88.8 Å². The van der Waals surface area contributed by atoms with Gasteiger partial charge in [0.1, 0.15) is 11.3 Å². The zero-order valence-electron chi connectivity index (χ0n) is 10.7. The number of hydrogen-bond acceptors (Lipinski definition) is 4. The number of H-pyrrole nitrogens is 1. The van der Waals surface area contributed by atoms with Gasteiger partial charge in [-0.25, -0.2) is 13.4 Å². The van der Waals surface area contributed by atoms with Crippen LogP contribution in [0.15, 0.2) is 23.1 Å². The summed E-state index contributed by atoms with van der Waals surface area (Å²) in [5.41, 5.74) is 6.68. The molecule has 0 saturated heterocycles. The summed E-state index contributed by atoms with van der Waals surface area (Å²) >= 11 is 0. The van der Waals surface area contributed by atoms with Crippen LogP contribution in [0.4, 0.5) is 0 Å². The molecule has 98 valence electrons. The van der Waals surface area contributed by atoms with Gasteiger partial charge >= 0.3 is 0 Å². The maximum absolute atomic E-state index is 11.7. The lowest BCUT2D eigenvalue weighted by Gasteiger charge is -2.19. The minimum atomic E-state index is -3.29. The number of aromatic amines is 1. The molecule has 0 fully saturated rings. The Labute approximate surface area is 106 Å². The predicted octanol–water partition coefficient (Wildman–Crippen LogP) is 1.55. The summed E-state index contributed by atoms with van der Waals surface area (Å²) in [5, 5.41) is 0. The van der Waals surface area contributed by atoms with Crippen molar-refractivity contribution in [1.82, 2.24) is 9.97 Å². The van der Waals surface area contributed by atoms with Crippen LogP contribution in [-0.2, 0) is 15.4 Å². The van der Waals surface area contributed by atoms with Gasteiger partial charge in [0.2, 0.25) is 0 Å². The van der Waals surface area contributed by atoms with Crippen molar-refractivity contribution in [2.45, 2.75) is 30.7 Å². The number of benzene rings is 1. The molecule has 3 N–H and O–H groups in total. The molecule has 1 aromatic heterocycles. The number of sulfone groups is 1. The fourth-order valence-corrected chi connectivity index (χ4v) is 2.58. The number of hydrogen-bond donors (Lipinski definition) is 2. The molecule has 1 heterocycles. The van der Waals surface area contributed by atoms with Crippen molar-refractivity contribution in [3.63, 3.8) is 0 Å². The molecule has 0 spiro atoms. The highest BCUT2D eigenvalue weighted by molar-refractivity contribution is 7.91. The van der Waals surface area contributed by atoms with E-state index in [0.717, 1.165) is 0 Å². The van der Waals surface area contributed by atoms with Crippen LogP contribution in [0.5, 0.6) is 0 Å². The van der Waals surface area contributed by atoms with E-state index in [9.17, 15) is 8.42 Å². The van der Waals surface area contributed by atoms with E-state index in [2.05, 4.69) is 9.97 Å². The highest BCUT2D eigenvalue weighted by Gasteiger charge is 2.24. The monoisotopic (exact) mass is 267 g/mol. The minimum Gasteiger partial charge on any atom is -0.340 e. The Balaban J connectivity index is 2.74. The molecule has 0 radical (unpaired) electrons. The molecule has 0 bridgehead atoms. The van der Waals surface area contributed by atoms with Crippen molar-refractivity contribution in [1.29, 1.82) is 0 Å². The molecule has 0 saturated carbocycles. The second kappa shape index (κ2) is 4.07. The van der Waals surface area contributed by atoms with E-state index in [1.165, 1.54) is 6.26 Å². The van der Waals surface area contributed by atoms with Gasteiger partial charge in [-0.15, -0.1) is 0 Å². The summed E-state index contributed by atoms with van der Waals surface area (Å²) in [6, 6.07) is 5.05. The van der Waals surface area contributed by atoms with Gasteiger partial charge in [0.15, 0.2) is 9.84 Å². The summed E-state index contributed by atoms with van der Waals surface area (Å²) in [6.45, 7) is 3.83. The van der Waals surface area contributed by atoms with Gasteiger partial charge in [-0.3, -0.25) is 0 Å². The van der Waals surface area contributed by atoms with Crippen LogP contribution in [0.3, 0.4) is 0 Å². The van der Waals surface area contributed by atoms with Crippen molar-refractivity contribution in [3.8, 4) is 0 Å². The van der Waals surface area contributed by atoms with E-state index in [0.29, 0.717) is 23.3 Å². The first-order valence-corrected chi connectivity index (χ1v) is 7.63. The standard InChI is InChI=1S/C12H17N3O2S/c1-4-12(2,13)11-14-8-6-5-7-9(10(8)15-11)18(3,16)17/h5-7H,4,13H2,1-3H3,(H,14,15). The van der Waals surface area contributed by atoms with Crippen molar-refractivity contribution in [2.24, 2.45) is 5.73 Å². The van der Waals surface area contributed by atoms with Crippen LogP contribution in [0.1, 0.15) is 26.1 Å². The van der Waals surface area contributed by atoms with Crippen LogP contribution < -0.4 is 5.73 Å². The Morgan fingerprint density at radius 2 is 2.11 bits per heavy atom. The maximum atomic E-state index is 11.7. The third kappa shape index (κ3) is 2.13. The number of aromatic nitrogens is 2. The van der Waals surface area contributed by atoms with Gasteiger partial charge in [0.25, 0.3) is 0 Å². The molecule has 0 aliphatic heterocycles. The summed E-state index contributed by atoms with van der Waals surface area (Å²) in [7, 11) is -3.29. The zero-order chi connectivity index (χ0) is 13.6. The first-order valence-electron chi connectivity index (χ1n) is 5.74. The van der Waals surface area contributed by atoms with Crippen LogP contribution in [0, 0.1) is 0 Å². The van der Waals surface area contributed by atoms with Crippen LogP contribution in [0.2, 0.25) is 0 Å². The second-order valence-electron chi connectivity index (χ2n) is 4.78. The number of nitrogens with zero attached hydrogens (tertiary/aromatic N) is 1. The molecule has 18 heavy (non-hydrogen) atoms. The molecular formula is C12H17N3O2S. The Hall–Kier alpha value is -1.40. The molecule has 2 aromatic rings. The Bertz CT molecular complexity index is 686. The normalized spacial score (nSPS) is 15.8. The number of nitrogens with two attached hydrogens (primary N) is 1. The van der Waals surface area contributed by atoms with Crippen molar-refractivity contribution < 1.29 is 8.42 Å². The third-order valence-corrected chi connectivity index (χ3v) is 4.28. The quantitative estimate of drug-likeness (QED) is 0.883. The van der Waals surface area contributed by atoms with E-state index >= 15 is 0 Å². The largest absolute Gasteiger partial charge is 0.340 e. The maximum Gasteiger partial charge on any atom is 0.177 e. The lowest BCUT2D eigenvalue weighted by atomic mass is 10.0. The lowest BCUT2D eigenvalue weighted by molar-refractivity contribution is 0.451. The molecule has 2 rings (SSSR count). The average molecular weight is 267 g/mol. The van der Waals surface area contributed by atoms with E-state index in [4.69, 9.17) is 5.73 Å². The predicted molar refractivity (Wildman–Crippen MR) is 71.0 cm³/mol. The number of nitrogens with one attached hydrogen (secondary N) is 1. The van der Waals surface area contributed by atoms with Gasteiger partial charge in [-0.1, -0.05) is 13.0 Å². The lowest BCUT2D eigenvalue weighted by Crippen LogP contribution is -2.33. The fourth-order valence-electron chi connectivity index (χ4n) is 1.74. The molecule has 0 aliphatic carbocycles. The number of rotatable bonds is 3. The second-order valence-corrected chi connectivity index (χ2v) is 6.77. The number of para-hydroxylation sites is 1. The number of imidazole rings is 1. The fraction of sp³-hybridized carbons (Fsp3) is 0.417. The molecule has 1 aromatic carbocycles. The Morgan fingerprint density at radius 3 is 2.67 bits per heavy atom. The minimum absolute atomic E-state index is 0.231. The van der Waals surface area contributed by atoms with Gasteiger partial charge in [0.05, 0.1) is 16.0 Å². The smallest absolute Gasteiger partial charge is 0.177 e. The highest BCUT2D eigenvalue weighted by atomic mass is 32.2. The van der Waals surface area contributed by atoms with Crippen molar-refractivity contribution in [2.75, 3.05) is 6.26 Å². The molecule has 1 unspecified atom stereocenters. The highest BCUT2D eigenvalue weighted by Crippen LogP contribution is 2.25. The SMILES string of the molecule is CCC(C)(N)c1nc2c(S(C)(=O)=O)cccc2[nH]1. The Kier molecular flexibility index (Phi) is 2.95. The van der Waals surface area contributed by atoms with E-state index < -0.39 is 15.4 Å². The first-order chi connectivity index (χ1) is 8.25. The molecule has 1 atom stereocenters. The summed E-state index contributed by atoms with van der Waals surface area (Å²) in [6.07, 6.45) is 1.89. The summed E-state index contributed by atoms with van der Waals surface area (Å²) < 4.78 is 23.4. The Morgan fingerprint density at radius 1 is 1.44 bits per heavy atom. The molecule has 0 aliphatic rings.